The molecule has 6 rings (SSSR count). The summed E-state index contributed by atoms with van der Waals surface area (Å²) in [5, 5.41) is 13.9. The van der Waals surface area contributed by atoms with Gasteiger partial charge >= 0.3 is 5.97 Å². The zero-order valence-corrected chi connectivity index (χ0v) is 20.8. The molecule has 11 heteroatoms. The molecule has 0 spiro atoms. The summed E-state index contributed by atoms with van der Waals surface area (Å²) in [6, 6.07) is 6.94. The summed E-state index contributed by atoms with van der Waals surface area (Å²) in [6.07, 6.45) is 5.34. The number of hydrogen-bond acceptors (Lipinski definition) is 5. The molecule has 1 unspecified atom stereocenters. The predicted octanol–water partition coefficient (Wildman–Crippen LogP) is 4.07. The molecule has 0 radical (unpaired) electrons. The Bertz CT molecular complexity index is 1580. The van der Waals surface area contributed by atoms with Crippen molar-refractivity contribution in [1.82, 2.24) is 24.1 Å². The molecule has 0 aliphatic carbocycles. The van der Waals surface area contributed by atoms with Crippen LogP contribution in [-0.2, 0) is 19.5 Å². The van der Waals surface area contributed by atoms with Gasteiger partial charge in [0.25, 0.3) is 5.91 Å². The van der Waals surface area contributed by atoms with Gasteiger partial charge in [0.15, 0.2) is 5.69 Å². The van der Waals surface area contributed by atoms with E-state index in [1.165, 1.54) is 12.3 Å². The van der Waals surface area contributed by atoms with E-state index in [9.17, 15) is 23.5 Å². The van der Waals surface area contributed by atoms with E-state index in [1.807, 2.05) is 28.5 Å². The molecule has 1 fully saturated rings. The van der Waals surface area contributed by atoms with Gasteiger partial charge < -0.3 is 19.5 Å². The molecular weight excluding hydrogens is 494 g/mol. The summed E-state index contributed by atoms with van der Waals surface area (Å²) in [7, 11) is 0. The summed E-state index contributed by atoms with van der Waals surface area (Å²) in [4.78, 5) is 33.2. The van der Waals surface area contributed by atoms with Gasteiger partial charge in [-0.1, -0.05) is 6.92 Å². The topological polar surface area (TPSA) is 96.0 Å². The average Bonchev–Trinajstić information content (AvgIpc) is 3.65. The minimum atomic E-state index is -1.07. The molecular formula is C27H26F2N6O3. The van der Waals surface area contributed by atoms with E-state index in [4.69, 9.17) is 0 Å². The van der Waals surface area contributed by atoms with Gasteiger partial charge in [0.2, 0.25) is 0 Å². The van der Waals surface area contributed by atoms with Crippen LogP contribution >= 0.6 is 0 Å². The lowest BCUT2D eigenvalue weighted by molar-refractivity contribution is 0.0687. The SMILES string of the molecule is CCc1c(C(=O)O)nc2n1CCN(C(=O)c1cnn3ccc(N4CCCC4c4cc(F)ccc4F)cc13)C2. The van der Waals surface area contributed by atoms with Gasteiger partial charge in [0.05, 0.1) is 35.6 Å². The van der Waals surface area contributed by atoms with E-state index >= 15 is 0 Å². The smallest absolute Gasteiger partial charge is 0.356 e. The van der Waals surface area contributed by atoms with Crippen molar-refractivity contribution in [1.29, 1.82) is 0 Å². The van der Waals surface area contributed by atoms with Crippen molar-refractivity contribution in [3.8, 4) is 0 Å². The molecule has 38 heavy (non-hydrogen) atoms. The number of rotatable bonds is 5. The zero-order chi connectivity index (χ0) is 26.6. The van der Waals surface area contributed by atoms with E-state index in [-0.39, 0.29) is 24.2 Å². The van der Waals surface area contributed by atoms with Crippen LogP contribution in [0.1, 0.15) is 63.7 Å². The second-order valence-electron chi connectivity index (χ2n) is 9.65. The number of carboxylic acid groups (broad SMARTS) is 1. The number of pyridine rings is 1. The number of nitrogens with zero attached hydrogens (tertiary/aromatic N) is 6. The number of amides is 1. The largest absolute Gasteiger partial charge is 0.476 e. The zero-order valence-electron chi connectivity index (χ0n) is 20.8. The molecule has 1 N–H and O–H groups in total. The van der Waals surface area contributed by atoms with E-state index in [2.05, 4.69) is 10.1 Å². The fourth-order valence-corrected chi connectivity index (χ4v) is 5.75. The maximum atomic E-state index is 14.6. The highest BCUT2D eigenvalue weighted by atomic mass is 19.1. The van der Waals surface area contributed by atoms with Crippen LogP contribution in [0, 0.1) is 11.6 Å². The number of imidazole rings is 1. The number of anilines is 1. The molecule has 4 aromatic rings. The maximum absolute atomic E-state index is 14.6. The highest BCUT2D eigenvalue weighted by molar-refractivity contribution is 6.01. The first-order valence-electron chi connectivity index (χ1n) is 12.7. The Morgan fingerprint density at radius 1 is 1.13 bits per heavy atom. The van der Waals surface area contributed by atoms with Crippen molar-refractivity contribution in [2.45, 2.75) is 45.3 Å². The average molecular weight is 521 g/mol. The fourth-order valence-electron chi connectivity index (χ4n) is 5.75. The van der Waals surface area contributed by atoms with Gasteiger partial charge in [-0.3, -0.25) is 4.79 Å². The molecule has 2 aliphatic heterocycles. The summed E-state index contributed by atoms with van der Waals surface area (Å²) in [5.74, 6) is -1.67. The molecule has 9 nitrogen and oxygen atoms in total. The Kier molecular flexibility index (Phi) is 5.85. The fraction of sp³-hybridized carbons (Fsp3) is 0.333. The number of benzene rings is 1. The summed E-state index contributed by atoms with van der Waals surface area (Å²) >= 11 is 0. The Hall–Kier alpha value is -4.28. The van der Waals surface area contributed by atoms with Crippen molar-refractivity contribution < 1.29 is 23.5 Å². The molecule has 0 bridgehead atoms. The van der Waals surface area contributed by atoms with Crippen molar-refractivity contribution in [2.24, 2.45) is 0 Å². The molecule has 1 saturated heterocycles. The molecule has 5 heterocycles. The Morgan fingerprint density at radius 2 is 1.97 bits per heavy atom. The van der Waals surface area contributed by atoms with E-state index < -0.39 is 17.6 Å². The van der Waals surface area contributed by atoms with E-state index in [1.54, 1.807) is 15.6 Å². The van der Waals surface area contributed by atoms with Crippen LogP contribution in [0.4, 0.5) is 14.5 Å². The van der Waals surface area contributed by atoms with Gasteiger partial charge in [0.1, 0.15) is 17.5 Å². The number of hydrogen-bond donors (Lipinski definition) is 1. The number of aromatic carboxylic acids is 1. The van der Waals surface area contributed by atoms with Crippen LogP contribution in [0.15, 0.2) is 42.7 Å². The van der Waals surface area contributed by atoms with Crippen molar-refractivity contribution in [3.63, 3.8) is 0 Å². The van der Waals surface area contributed by atoms with Crippen LogP contribution in [0.3, 0.4) is 0 Å². The third kappa shape index (κ3) is 3.89. The first-order chi connectivity index (χ1) is 18.4. The lowest BCUT2D eigenvalue weighted by Crippen LogP contribution is -2.38. The minimum Gasteiger partial charge on any atom is -0.476 e. The number of carbonyl (C=O) groups is 2. The number of carboxylic acids is 1. The minimum absolute atomic E-state index is 0.0346. The van der Waals surface area contributed by atoms with Gasteiger partial charge in [-0.25, -0.2) is 23.1 Å². The number of aromatic nitrogens is 4. The number of carbonyl (C=O) groups excluding carboxylic acids is 1. The van der Waals surface area contributed by atoms with Crippen LogP contribution < -0.4 is 4.90 Å². The second-order valence-corrected chi connectivity index (χ2v) is 9.65. The van der Waals surface area contributed by atoms with Gasteiger partial charge in [-0.05, 0) is 49.6 Å². The van der Waals surface area contributed by atoms with E-state index in [0.29, 0.717) is 60.6 Å². The van der Waals surface area contributed by atoms with Crippen LogP contribution in [-0.4, -0.2) is 54.1 Å². The molecule has 0 saturated carbocycles. The third-order valence-electron chi connectivity index (χ3n) is 7.54. The third-order valence-corrected chi connectivity index (χ3v) is 7.54. The Balaban J connectivity index is 1.30. The highest BCUT2D eigenvalue weighted by Crippen LogP contribution is 2.38. The first kappa shape index (κ1) is 24.1. The number of fused-ring (bicyclic) bond motifs is 2. The molecule has 2 aliphatic rings. The van der Waals surface area contributed by atoms with Crippen LogP contribution in [0.2, 0.25) is 0 Å². The molecule has 3 aromatic heterocycles. The van der Waals surface area contributed by atoms with Crippen molar-refractivity contribution >= 4 is 23.1 Å². The lowest BCUT2D eigenvalue weighted by atomic mass is 10.0. The van der Waals surface area contributed by atoms with Crippen molar-refractivity contribution in [2.75, 3.05) is 18.0 Å². The Labute approximate surface area is 216 Å². The van der Waals surface area contributed by atoms with Crippen LogP contribution in [0.25, 0.3) is 5.52 Å². The summed E-state index contributed by atoms with van der Waals surface area (Å²) < 4.78 is 32.0. The predicted molar refractivity (Wildman–Crippen MR) is 134 cm³/mol. The molecule has 196 valence electrons. The van der Waals surface area contributed by atoms with Gasteiger partial charge in [-0.15, -0.1) is 0 Å². The normalized spacial score (nSPS) is 17.3. The Morgan fingerprint density at radius 3 is 2.76 bits per heavy atom. The molecule has 1 amide bonds. The van der Waals surface area contributed by atoms with E-state index in [0.717, 1.165) is 24.2 Å². The molecule has 1 aromatic carbocycles. The van der Waals surface area contributed by atoms with Crippen molar-refractivity contribution in [3.05, 3.63) is 82.7 Å². The molecule has 1 atom stereocenters. The second kappa shape index (κ2) is 9.23. The quantitative estimate of drug-likeness (QED) is 0.426. The van der Waals surface area contributed by atoms with Gasteiger partial charge in [0, 0.05) is 37.1 Å². The summed E-state index contributed by atoms with van der Waals surface area (Å²) in [5.41, 5.74) is 2.83. The van der Waals surface area contributed by atoms with Gasteiger partial charge in [-0.2, -0.15) is 5.10 Å². The highest BCUT2D eigenvalue weighted by Gasteiger charge is 2.31. The lowest BCUT2D eigenvalue weighted by Gasteiger charge is -2.29. The standard InChI is InChI=1S/C27H26F2N6O3/c1-2-21-25(27(37)38)31-24-15-32(10-11-34(21)24)26(36)19-14-30-35-9-7-17(13-23(19)35)33-8-3-4-22(33)18-12-16(28)5-6-20(18)29/h5-7,9,12-14,22H,2-4,8,10-11,15H2,1H3,(H,37,38). The maximum Gasteiger partial charge on any atom is 0.356 e. The first-order valence-corrected chi connectivity index (χ1v) is 12.7. The van der Waals surface area contributed by atoms with Crippen LogP contribution in [0.5, 0.6) is 0 Å². The monoisotopic (exact) mass is 520 g/mol. The summed E-state index contributed by atoms with van der Waals surface area (Å²) in [6.45, 7) is 3.64. The number of halogens is 2.